The van der Waals surface area contributed by atoms with Gasteiger partial charge in [-0.3, -0.25) is 14.6 Å². The summed E-state index contributed by atoms with van der Waals surface area (Å²) in [7, 11) is 4.63. The summed E-state index contributed by atoms with van der Waals surface area (Å²) in [5.74, 6) is 1.89. The van der Waals surface area contributed by atoms with E-state index >= 15 is 0 Å². The Labute approximate surface area is 193 Å². The lowest BCUT2D eigenvalue weighted by atomic mass is 10.1. The quantitative estimate of drug-likeness (QED) is 0.582. The molecule has 0 saturated carbocycles. The first-order valence-corrected chi connectivity index (χ1v) is 10.9. The molecule has 1 amide bonds. The highest BCUT2D eigenvalue weighted by atomic mass is 16.5. The van der Waals surface area contributed by atoms with E-state index in [0.717, 1.165) is 5.56 Å². The van der Waals surface area contributed by atoms with Crippen molar-refractivity contribution in [3.8, 4) is 17.2 Å². The highest BCUT2D eigenvalue weighted by Gasteiger charge is 2.19. The number of hydrogen-bond acceptors (Lipinski definition) is 8. The Hall–Kier alpha value is -3.27. The Kier molecular flexibility index (Phi) is 8.16. The predicted molar refractivity (Wildman–Crippen MR) is 124 cm³/mol. The summed E-state index contributed by atoms with van der Waals surface area (Å²) < 4.78 is 21.5. The number of H-pyrrole nitrogens is 1. The minimum atomic E-state index is -0.299. The molecule has 2 N–H and O–H groups in total. The number of benzene rings is 1. The lowest BCUT2D eigenvalue weighted by Gasteiger charge is -2.27. The molecule has 1 aliphatic rings. The monoisotopic (exact) mass is 460 g/mol. The summed E-state index contributed by atoms with van der Waals surface area (Å²) in [5.41, 5.74) is 1.74. The number of nitrogens with zero attached hydrogens (tertiary/aromatic N) is 2. The molecule has 1 aromatic heterocycles. The maximum absolute atomic E-state index is 12.6. The summed E-state index contributed by atoms with van der Waals surface area (Å²) >= 11 is 0. The van der Waals surface area contributed by atoms with Crippen LogP contribution in [0.15, 0.2) is 16.9 Å². The normalized spacial score (nSPS) is 14.5. The number of amides is 1. The highest BCUT2D eigenvalue weighted by Crippen LogP contribution is 2.39. The van der Waals surface area contributed by atoms with E-state index in [2.05, 4.69) is 15.3 Å². The molecule has 1 saturated heterocycles. The average Bonchev–Trinajstić information content (AvgIpc) is 2.82. The molecule has 2 heterocycles. The van der Waals surface area contributed by atoms with Gasteiger partial charge in [-0.15, -0.1) is 0 Å². The molecule has 1 unspecified atom stereocenters. The van der Waals surface area contributed by atoms with E-state index in [1.807, 2.05) is 11.8 Å². The Morgan fingerprint density at radius 1 is 1.18 bits per heavy atom. The number of aromatic nitrogens is 2. The second-order valence-corrected chi connectivity index (χ2v) is 7.80. The van der Waals surface area contributed by atoms with Crippen LogP contribution < -0.4 is 30.0 Å². The van der Waals surface area contributed by atoms with Gasteiger partial charge in [0.05, 0.1) is 40.6 Å². The fourth-order valence-electron chi connectivity index (χ4n) is 3.80. The first-order chi connectivity index (χ1) is 15.9. The van der Waals surface area contributed by atoms with Crippen LogP contribution in [0.4, 0.5) is 5.95 Å². The first kappa shape index (κ1) is 24.4. The lowest BCUT2D eigenvalue weighted by Crippen LogP contribution is -2.38. The van der Waals surface area contributed by atoms with Gasteiger partial charge in [0.15, 0.2) is 11.5 Å². The van der Waals surface area contributed by atoms with Gasteiger partial charge in [0, 0.05) is 30.8 Å². The van der Waals surface area contributed by atoms with Crippen molar-refractivity contribution in [3.05, 3.63) is 39.3 Å². The number of hydrogen-bond donors (Lipinski definition) is 2. The van der Waals surface area contributed by atoms with Gasteiger partial charge in [0.2, 0.25) is 17.6 Å². The Morgan fingerprint density at radius 2 is 1.82 bits per heavy atom. The zero-order valence-corrected chi connectivity index (χ0v) is 19.8. The number of aromatic amines is 1. The molecular weight excluding hydrogens is 428 g/mol. The van der Waals surface area contributed by atoms with Crippen LogP contribution in [-0.2, 0) is 16.0 Å². The van der Waals surface area contributed by atoms with Gasteiger partial charge in [0.1, 0.15) is 0 Å². The van der Waals surface area contributed by atoms with Crippen molar-refractivity contribution in [1.29, 1.82) is 0 Å². The number of carbonyl (C=O) groups excluding carboxylic acids is 1. The van der Waals surface area contributed by atoms with Crippen LogP contribution in [0.25, 0.3) is 0 Å². The maximum atomic E-state index is 12.6. The number of nitrogens with one attached hydrogen (secondary N) is 2. The van der Waals surface area contributed by atoms with Gasteiger partial charge in [-0.05, 0) is 38.0 Å². The molecule has 2 aromatic rings. The van der Waals surface area contributed by atoms with Crippen molar-refractivity contribution < 1.29 is 23.7 Å². The highest BCUT2D eigenvalue weighted by molar-refractivity contribution is 5.76. The molecule has 3 rings (SSSR count). The summed E-state index contributed by atoms with van der Waals surface area (Å²) in [4.78, 5) is 34.6. The topological polar surface area (TPSA) is 115 Å². The standard InChI is InChI=1S/C23H32N4O6/c1-14(16-12-18(30-3)21(32-5)19(13-16)31-4)24-20(28)7-6-17-15(2)25-23(26-22(17)29)27-8-10-33-11-9-27/h12-14H,6-11H2,1-5H3,(H,24,28)(H,25,26,29). The predicted octanol–water partition coefficient (Wildman–Crippen LogP) is 1.75. The van der Waals surface area contributed by atoms with Gasteiger partial charge in [-0.1, -0.05) is 0 Å². The van der Waals surface area contributed by atoms with E-state index in [1.54, 1.807) is 33.3 Å². The van der Waals surface area contributed by atoms with E-state index in [4.69, 9.17) is 18.9 Å². The van der Waals surface area contributed by atoms with Crippen LogP contribution in [0.5, 0.6) is 17.2 Å². The van der Waals surface area contributed by atoms with Gasteiger partial charge in [-0.2, -0.15) is 0 Å². The molecule has 1 fully saturated rings. The molecule has 0 spiro atoms. The smallest absolute Gasteiger partial charge is 0.255 e. The summed E-state index contributed by atoms with van der Waals surface area (Å²) in [5, 5.41) is 2.96. The van der Waals surface area contributed by atoms with Crippen LogP contribution in [0.3, 0.4) is 0 Å². The molecule has 1 aromatic carbocycles. The molecule has 1 aliphatic heterocycles. The van der Waals surface area contributed by atoms with Crippen LogP contribution in [0.2, 0.25) is 0 Å². The first-order valence-electron chi connectivity index (χ1n) is 10.9. The Bertz CT molecular complexity index is 1010. The minimum Gasteiger partial charge on any atom is -0.493 e. The molecule has 33 heavy (non-hydrogen) atoms. The summed E-state index contributed by atoms with van der Waals surface area (Å²) in [6.07, 6.45) is 0.461. The van der Waals surface area contributed by atoms with Gasteiger partial charge < -0.3 is 29.2 Å². The number of aryl methyl sites for hydroxylation is 1. The van der Waals surface area contributed by atoms with Crippen LogP contribution in [-0.4, -0.2) is 63.5 Å². The zero-order valence-electron chi connectivity index (χ0n) is 19.8. The molecule has 0 radical (unpaired) electrons. The van der Waals surface area contributed by atoms with Crippen LogP contribution in [0, 0.1) is 6.92 Å². The molecule has 10 heteroatoms. The van der Waals surface area contributed by atoms with Crippen molar-refractivity contribution in [3.63, 3.8) is 0 Å². The molecular formula is C23H32N4O6. The van der Waals surface area contributed by atoms with Gasteiger partial charge >= 0.3 is 0 Å². The number of anilines is 1. The van der Waals surface area contributed by atoms with E-state index < -0.39 is 0 Å². The second-order valence-electron chi connectivity index (χ2n) is 7.80. The molecule has 10 nitrogen and oxygen atoms in total. The summed E-state index contributed by atoms with van der Waals surface area (Å²) in [6, 6.07) is 3.30. The number of morpholine rings is 1. The Balaban J connectivity index is 1.65. The van der Waals surface area contributed by atoms with Crippen molar-refractivity contribution >= 4 is 11.9 Å². The van der Waals surface area contributed by atoms with Crippen molar-refractivity contribution in [2.24, 2.45) is 0 Å². The van der Waals surface area contributed by atoms with Crippen LogP contribution >= 0.6 is 0 Å². The number of ether oxygens (including phenoxy) is 4. The van der Waals surface area contributed by atoms with Gasteiger partial charge in [-0.25, -0.2) is 4.98 Å². The SMILES string of the molecule is COc1cc(C(C)NC(=O)CCc2c(C)nc(N3CCOCC3)[nH]c2=O)cc(OC)c1OC. The third-order valence-electron chi connectivity index (χ3n) is 5.69. The lowest BCUT2D eigenvalue weighted by molar-refractivity contribution is -0.121. The Morgan fingerprint density at radius 3 is 2.36 bits per heavy atom. The van der Waals surface area contributed by atoms with Crippen molar-refractivity contribution in [2.45, 2.75) is 32.7 Å². The van der Waals surface area contributed by atoms with Crippen LogP contribution in [0.1, 0.15) is 36.2 Å². The number of carbonyl (C=O) groups is 1. The minimum absolute atomic E-state index is 0.164. The molecule has 180 valence electrons. The van der Waals surface area contributed by atoms with E-state index in [0.29, 0.717) is 67.2 Å². The molecule has 0 bridgehead atoms. The second kappa shape index (κ2) is 11.0. The van der Waals surface area contributed by atoms with Crippen molar-refractivity contribution in [1.82, 2.24) is 15.3 Å². The van der Waals surface area contributed by atoms with E-state index in [1.165, 1.54) is 7.11 Å². The third-order valence-corrected chi connectivity index (χ3v) is 5.69. The third kappa shape index (κ3) is 5.75. The molecule has 0 aliphatic carbocycles. The zero-order chi connectivity index (χ0) is 24.0. The largest absolute Gasteiger partial charge is 0.493 e. The maximum Gasteiger partial charge on any atom is 0.255 e. The summed E-state index contributed by atoms with van der Waals surface area (Å²) in [6.45, 7) is 6.25. The van der Waals surface area contributed by atoms with Gasteiger partial charge in [0.25, 0.3) is 5.56 Å². The molecule has 1 atom stereocenters. The van der Waals surface area contributed by atoms with E-state index in [9.17, 15) is 9.59 Å². The van der Waals surface area contributed by atoms with Crippen molar-refractivity contribution in [2.75, 3.05) is 52.5 Å². The number of rotatable bonds is 9. The fourth-order valence-corrected chi connectivity index (χ4v) is 3.80. The number of methoxy groups -OCH3 is 3. The fraction of sp³-hybridized carbons (Fsp3) is 0.522. The average molecular weight is 461 g/mol. The van der Waals surface area contributed by atoms with E-state index in [-0.39, 0.29) is 23.9 Å².